The average Bonchev–Trinajstić information content (AvgIpc) is 3.79. The summed E-state index contributed by atoms with van der Waals surface area (Å²) >= 11 is 2.96. The number of rotatable bonds is 6. The van der Waals surface area contributed by atoms with E-state index in [1.54, 1.807) is 23.9 Å². The van der Waals surface area contributed by atoms with Crippen LogP contribution in [-0.4, -0.2) is 100 Å². The highest BCUT2D eigenvalue weighted by atomic mass is 32.2. The third-order valence-electron chi connectivity index (χ3n) is 7.78. The largest absolute Gasteiger partial charge is 0.378 e. The van der Waals surface area contributed by atoms with Gasteiger partial charge >= 0.3 is 6.03 Å². The van der Waals surface area contributed by atoms with Crippen molar-refractivity contribution in [3.8, 4) is 17.3 Å². The maximum Gasteiger partial charge on any atom is 0.320 e. The maximum atomic E-state index is 13.5. The minimum absolute atomic E-state index is 0.0202. The minimum Gasteiger partial charge on any atom is -0.378 e. The fraction of sp³-hybridized carbons (Fsp3) is 0.481. The summed E-state index contributed by atoms with van der Waals surface area (Å²) in [6.07, 6.45) is 1.64. The van der Waals surface area contributed by atoms with Crippen molar-refractivity contribution in [2.75, 3.05) is 63.8 Å². The van der Waals surface area contributed by atoms with Crippen LogP contribution in [0.2, 0.25) is 0 Å². The average molecular weight is 598 g/mol. The number of hydrogen-bond acceptors (Lipinski definition) is 10. The number of anilines is 2. The first kappa shape index (κ1) is 27.8. The van der Waals surface area contributed by atoms with Crippen LogP contribution < -0.4 is 10.3 Å². The molecule has 2 aromatic heterocycles. The molecule has 11 nitrogen and oxygen atoms in total. The Morgan fingerprint density at radius 3 is 2.68 bits per heavy atom. The van der Waals surface area contributed by atoms with Gasteiger partial charge in [0.1, 0.15) is 28.0 Å². The van der Waals surface area contributed by atoms with Gasteiger partial charge in [-0.1, -0.05) is 18.3 Å². The van der Waals surface area contributed by atoms with Crippen LogP contribution in [0.3, 0.4) is 0 Å². The summed E-state index contributed by atoms with van der Waals surface area (Å²) in [6.45, 7) is 6.16. The van der Waals surface area contributed by atoms with Crippen LogP contribution in [0, 0.1) is 17.1 Å². The first-order valence-electron chi connectivity index (χ1n) is 13.7. The molecule has 14 heteroatoms. The number of likely N-dealkylation sites (tertiary alicyclic amines) is 1. The molecule has 2 unspecified atom stereocenters. The Hall–Kier alpha value is -3.38. The van der Waals surface area contributed by atoms with Gasteiger partial charge in [-0.2, -0.15) is 5.26 Å². The van der Waals surface area contributed by atoms with Crippen molar-refractivity contribution in [2.45, 2.75) is 36.5 Å². The van der Waals surface area contributed by atoms with Gasteiger partial charge in [0.2, 0.25) is 0 Å². The normalized spacial score (nSPS) is 20.5. The number of morpholine rings is 1. The Morgan fingerprint density at radius 2 is 1.98 bits per heavy atom. The monoisotopic (exact) mass is 597 g/mol. The number of ether oxygens (including phenoxy) is 1. The van der Waals surface area contributed by atoms with Gasteiger partial charge in [0.15, 0.2) is 16.1 Å². The van der Waals surface area contributed by atoms with Gasteiger partial charge < -0.3 is 19.4 Å². The lowest BCUT2D eigenvalue weighted by molar-refractivity contribution is 0.0422. The number of halogens is 1. The summed E-state index contributed by atoms with van der Waals surface area (Å²) in [6, 6.07) is 8.48. The number of amides is 2. The lowest BCUT2D eigenvalue weighted by atomic mass is 10.1. The van der Waals surface area contributed by atoms with Crippen molar-refractivity contribution >= 4 is 40.1 Å². The molecule has 6 rings (SSSR count). The van der Waals surface area contributed by atoms with E-state index < -0.39 is 0 Å². The molecule has 0 bridgehead atoms. The van der Waals surface area contributed by atoms with Crippen LogP contribution >= 0.6 is 23.1 Å². The number of urea groups is 1. The third kappa shape index (κ3) is 5.23. The number of hydrogen-bond donors (Lipinski definition) is 1. The lowest BCUT2D eigenvalue weighted by Crippen LogP contribution is -2.51. The number of benzene rings is 1. The van der Waals surface area contributed by atoms with Crippen molar-refractivity contribution in [3.63, 3.8) is 0 Å². The second kappa shape index (κ2) is 11.5. The van der Waals surface area contributed by atoms with E-state index in [1.807, 2.05) is 33.5 Å². The molecule has 3 aliphatic heterocycles. The van der Waals surface area contributed by atoms with E-state index in [2.05, 4.69) is 23.3 Å². The summed E-state index contributed by atoms with van der Waals surface area (Å²) in [4.78, 5) is 31.3. The molecule has 0 saturated carbocycles. The van der Waals surface area contributed by atoms with Crippen LogP contribution in [0.25, 0.3) is 11.3 Å². The van der Waals surface area contributed by atoms with Crippen LogP contribution in [0.4, 0.5) is 20.1 Å². The first-order chi connectivity index (χ1) is 19.9. The molecule has 0 aliphatic carbocycles. The smallest absolute Gasteiger partial charge is 0.320 e. The molecule has 1 aromatic carbocycles. The summed E-state index contributed by atoms with van der Waals surface area (Å²) in [7, 11) is 3.83. The van der Waals surface area contributed by atoms with E-state index >= 15 is 0 Å². The number of imidazole rings is 1. The number of carbonyl (C=O) groups excluding carboxylic acids is 1. The predicted octanol–water partition coefficient (Wildman–Crippen LogP) is 3.74. The highest BCUT2D eigenvalue weighted by molar-refractivity contribution is 8.00. The van der Waals surface area contributed by atoms with Crippen molar-refractivity contribution in [1.29, 1.82) is 5.26 Å². The van der Waals surface area contributed by atoms with E-state index in [4.69, 9.17) is 14.7 Å². The molecule has 216 valence electrons. The highest BCUT2D eigenvalue weighted by Gasteiger charge is 2.39. The zero-order chi connectivity index (χ0) is 28.7. The number of fused-ring (bicyclic) bond motifs is 1. The Labute approximate surface area is 246 Å². The number of nitrogens with one attached hydrogen (secondary N) is 1. The molecule has 2 fully saturated rings. The molecular formula is C27H32FN9O2S2. The summed E-state index contributed by atoms with van der Waals surface area (Å²) in [5, 5.41) is 11.3. The zero-order valence-corrected chi connectivity index (χ0v) is 24.8. The molecule has 3 aromatic rings. The number of nitrogens with zero attached hydrogens (tertiary/aromatic N) is 8. The molecule has 3 aliphatic rings. The fourth-order valence-corrected chi connectivity index (χ4v) is 7.41. The van der Waals surface area contributed by atoms with Crippen molar-refractivity contribution in [1.82, 2.24) is 29.3 Å². The van der Waals surface area contributed by atoms with Gasteiger partial charge in [-0.05, 0) is 48.9 Å². The van der Waals surface area contributed by atoms with Crippen LogP contribution in [0.1, 0.15) is 23.9 Å². The standard InChI is InChI=1S/C27H32FN9O2S2/c1-4-20-23(34(3)24-31-22(21(15-29)40-24)17-5-7-18(28)8-6-17)37-25(30-20)41-26(32-37)36-10-9-19(16-36)33(2)27(38)35-11-13-39-14-12-35/h5-8,19,26,32H,4,9-14,16H2,1-3H3. The summed E-state index contributed by atoms with van der Waals surface area (Å²) in [5.41, 5.74) is 5.76. The SMILES string of the molecule is CCc1nc2n(c1N(C)c1nc(-c3ccc(F)cc3)c(C#N)s1)NC(N1CCC(N(C)C(=O)N3CCOCC3)C1)S2. The number of likely N-dealkylation sites (N-methyl/N-ethyl adjacent to an activating group) is 1. The number of thioether (sulfide) groups is 1. The summed E-state index contributed by atoms with van der Waals surface area (Å²) in [5.74, 6) is 0.539. The first-order valence-corrected chi connectivity index (χ1v) is 15.4. The number of aromatic nitrogens is 3. The second-order valence-corrected chi connectivity index (χ2v) is 12.3. The number of nitriles is 1. The molecule has 0 radical (unpaired) electrons. The van der Waals surface area contributed by atoms with Gasteiger partial charge in [0.25, 0.3) is 0 Å². The number of aryl methyl sites for hydroxylation is 1. The lowest BCUT2D eigenvalue weighted by Gasteiger charge is -2.34. The van der Waals surface area contributed by atoms with Crippen molar-refractivity contribution in [2.24, 2.45) is 0 Å². The minimum atomic E-state index is -0.333. The van der Waals surface area contributed by atoms with Crippen LogP contribution in [0.15, 0.2) is 29.4 Å². The molecule has 5 heterocycles. The topological polar surface area (TPSA) is 106 Å². The third-order valence-corrected chi connectivity index (χ3v) is 9.93. The fourth-order valence-electron chi connectivity index (χ4n) is 5.46. The van der Waals surface area contributed by atoms with E-state index in [9.17, 15) is 14.4 Å². The molecule has 2 atom stereocenters. The number of carbonyl (C=O) groups is 1. The van der Waals surface area contributed by atoms with Crippen LogP contribution in [-0.2, 0) is 11.2 Å². The maximum absolute atomic E-state index is 13.5. The Bertz CT molecular complexity index is 1460. The van der Waals surface area contributed by atoms with Crippen LogP contribution in [0.5, 0.6) is 0 Å². The van der Waals surface area contributed by atoms with Gasteiger partial charge in [0, 0.05) is 51.9 Å². The van der Waals surface area contributed by atoms with E-state index in [0.717, 1.165) is 42.6 Å². The zero-order valence-electron chi connectivity index (χ0n) is 23.2. The highest BCUT2D eigenvalue weighted by Crippen LogP contribution is 2.41. The Kier molecular flexibility index (Phi) is 7.78. The quantitative estimate of drug-likeness (QED) is 0.455. The van der Waals surface area contributed by atoms with E-state index in [0.29, 0.717) is 47.6 Å². The summed E-state index contributed by atoms with van der Waals surface area (Å²) < 4.78 is 20.9. The van der Waals surface area contributed by atoms with E-state index in [1.165, 1.54) is 23.5 Å². The van der Waals surface area contributed by atoms with Gasteiger partial charge in [-0.25, -0.2) is 23.8 Å². The van der Waals surface area contributed by atoms with Crippen molar-refractivity contribution in [3.05, 3.63) is 40.7 Å². The molecule has 1 N–H and O–H groups in total. The molecule has 0 spiro atoms. The van der Waals surface area contributed by atoms with Crippen molar-refractivity contribution < 1.29 is 13.9 Å². The Balaban J connectivity index is 1.18. The van der Waals surface area contributed by atoms with Gasteiger partial charge in [-0.15, -0.1) is 0 Å². The van der Waals surface area contributed by atoms with Gasteiger partial charge in [0.05, 0.1) is 18.9 Å². The predicted molar refractivity (Wildman–Crippen MR) is 156 cm³/mol. The molecule has 2 amide bonds. The van der Waals surface area contributed by atoms with Gasteiger partial charge in [-0.3, -0.25) is 10.3 Å². The molecule has 2 saturated heterocycles. The number of thiazole rings is 1. The second-order valence-electron chi connectivity index (χ2n) is 10.2. The molecule has 41 heavy (non-hydrogen) atoms. The molecular weight excluding hydrogens is 565 g/mol. The van der Waals surface area contributed by atoms with E-state index in [-0.39, 0.29) is 23.4 Å². The Morgan fingerprint density at radius 1 is 1.22 bits per heavy atom.